The third-order valence-electron chi connectivity index (χ3n) is 2.72. The molecular weight excluding hydrogens is 270 g/mol. The normalized spacial score (nSPS) is 11.3. The van der Waals surface area contributed by atoms with Gasteiger partial charge in [0, 0.05) is 28.2 Å². The first kappa shape index (κ1) is 14.5. The minimum absolute atomic E-state index is 0.0802. The minimum Gasteiger partial charge on any atom is -0.430 e. The molecular formula is C15H19N3OS. The van der Waals surface area contributed by atoms with E-state index in [-0.39, 0.29) is 5.41 Å². The summed E-state index contributed by atoms with van der Waals surface area (Å²) in [5, 5.41) is 0.546. The summed E-state index contributed by atoms with van der Waals surface area (Å²) >= 11 is 1.26. The van der Waals surface area contributed by atoms with E-state index < -0.39 is 0 Å². The van der Waals surface area contributed by atoms with Gasteiger partial charge in [-0.1, -0.05) is 26.8 Å². The van der Waals surface area contributed by atoms with E-state index in [2.05, 4.69) is 36.7 Å². The zero-order chi connectivity index (χ0) is 14.8. The van der Waals surface area contributed by atoms with Crippen molar-refractivity contribution in [3.63, 3.8) is 0 Å². The van der Waals surface area contributed by atoms with E-state index in [9.17, 15) is 0 Å². The van der Waals surface area contributed by atoms with Crippen molar-refractivity contribution in [2.75, 3.05) is 5.73 Å². The van der Waals surface area contributed by atoms with Gasteiger partial charge in [0.15, 0.2) is 5.82 Å². The molecule has 1 heterocycles. The van der Waals surface area contributed by atoms with Gasteiger partial charge in [0.1, 0.15) is 5.75 Å². The molecule has 0 aliphatic heterocycles. The van der Waals surface area contributed by atoms with Crippen molar-refractivity contribution in [1.29, 1.82) is 0 Å². The molecule has 0 amide bonds. The summed E-state index contributed by atoms with van der Waals surface area (Å²) < 4.78 is 10.2. The van der Waals surface area contributed by atoms with Crippen molar-refractivity contribution < 1.29 is 4.74 Å². The lowest BCUT2D eigenvalue weighted by Crippen LogP contribution is -2.12. The predicted molar refractivity (Wildman–Crippen MR) is 83.4 cm³/mol. The summed E-state index contributed by atoms with van der Waals surface area (Å²) in [4.78, 5) is 4.43. The Morgan fingerprint density at radius 2 is 2.15 bits per heavy atom. The van der Waals surface area contributed by atoms with Crippen molar-refractivity contribution >= 4 is 17.2 Å². The van der Waals surface area contributed by atoms with Crippen LogP contribution in [0.2, 0.25) is 0 Å². The van der Waals surface area contributed by atoms with Gasteiger partial charge in [-0.15, -0.1) is 6.58 Å². The fraction of sp³-hybridized carbons (Fsp3) is 0.333. The number of ether oxygens (including phenoxy) is 1. The highest BCUT2D eigenvalue weighted by atomic mass is 32.1. The molecule has 5 heteroatoms. The van der Waals surface area contributed by atoms with E-state index in [0.29, 0.717) is 17.3 Å². The summed E-state index contributed by atoms with van der Waals surface area (Å²) in [6.45, 7) is 9.97. The predicted octanol–water partition coefficient (Wildman–Crippen LogP) is 3.94. The number of hydrogen-bond acceptors (Lipinski definition) is 5. The number of allylic oxidation sites excluding steroid dienone is 1. The lowest BCUT2D eigenvalue weighted by molar-refractivity contribution is 0.464. The fourth-order valence-electron chi connectivity index (χ4n) is 1.66. The van der Waals surface area contributed by atoms with Crippen LogP contribution in [0.4, 0.5) is 5.69 Å². The lowest BCUT2D eigenvalue weighted by atomic mass is 9.96. The highest BCUT2D eigenvalue weighted by Gasteiger charge is 2.20. The molecule has 1 aromatic heterocycles. The summed E-state index contributed by atoms with van der Waals surface area (Å²) in [7, 11) is 0. The van der Waals surface area contributed by atoms with Crippen molar-refractivity contribution in [3.8, 4) is 10.9 Å². The van der Waals surface area contributed by atoms with E-state index >= 15 is 0 Å². The van der Waals surface area contributed by atoms with Crippen LogP contribution in [-0.2, 0) is 11.8 Å². The van der Waals surface area contributed by atoms with Crippen LogP contribution in [0.3, 0.4) is 0 Å². The molecule has 0 aliphatic carbocycles. The number of hydrogen-bond donors (Lipinski definition) is 1. The molecule has 0 bridgehead atoms. The fourth-order valence-corrected chi connectivity index (χ4v) is 2.40. The van der Waals surface area contributed by atoms with E-state index in [4.69, 9.17) is 10.5 Å². The van der Waals surface area contributed by atoms with Crippen LogP contribution < -0.4 is 10.5 Å². The SMILES string of the molecule is C=CCc1cc(N)ccc1Oc1nc(C(C)(C)C)ns1. The number of nitrogens with two attached hydrogens (primary N) is 1. The molecule has 0 fully saturated rings. The van der Waals surface area contributed by atoms with Gasteiger partial charge in [-0.05, 0) is 24.6 Å². The van der Waals surface area contributed by atoms with Gasteiger partial charge >= 0.3 is 0 Å². The third-order valence-corrected chi connectivity index (χ3v) is 3.32. The van der Waals surface area contributed by atoms with Crippen LogP contribution in [0.5, 0.6) is 10.9 Å². The van der Waals surface area contributed by atoms with Crippen LogP contribution >= 0.6 is 11.5 Å². The quantitative estimate of drug-likeness (QED) is 0.684. The van der Waals surface area contributed by atoms with E-state index in [1.807, 2.05) is 24.3 Å². The maximum atomic E-state index is 5.83. The molecule has 1 aromatic carbocycles. The number of aromatic nitrogens is 2. The molecule has 0 spiro atoms. The first-order valence-electron chi connectivity index (χ1n) is 6.41. The van der Waals surface area contributed by atoms with Gasteiger partial charge in [0.25, 0.3) is 5.19 Å². The molecule has 2 rings (SSSR count). The van der Waals surface area contributed by atoms with Crippen molar-refractivity contribution in [3.05, 3.63) is 42.2 Å². The van der Waals surface area contributed by atoms with Crippen molar-refractivity contribution in [1.82, 2.24) is 9.36 Å². The van der Waals surface area contributed by atoms with E-state index in [0.717, 1.165) is 17.1 Å². The summed E-state index contributed by atoms with van der Waals surface area (Å²) in [6, 6.07) is 5.56. The summed E-state index contributed by atoms with van der Waals surface area (Å²) in [5.74, 6) is 1.54. The smallest absolute Gasteiger partial charge is 0.298 e. The number of benzene rings is 1. The average molecular weight is 289 g/mol. The monoisotopic (exact) mass is 289 g/mol. The van der Waals surface area contributed by atoms with Gasteiger partial charge in [-0.2, -0.15) is 9.36 Å². The van der Waals surface area contributed by atoms with Crippen molar-refractivity contribution in [2.24, 2.45) is 0 Å². The average Bonchev–Trinajstić information content (AvgIpc) is 2.81. The van der Waals surface area contributed by atoms with Gasteiger partial charge in [0.05, 0.1) is 0 Å². The van der Waals surface area contributed by atoms with Crippen LogP contribution in [0, 0.1) is 0 Å². The first-order valence-corrected chi connectivity index (χ1v) is 7.19. The highest BCUT2D eigenvalue weighted by Crippen LogP contribution is 2.31. The Balaban J connectivity index is 2.25. The van der Waals surface area contributed by atoms with Crippen LogP contribution in [0.1, 0.15) is 32.2 Å². The minimum atomic E-state index is -0.0802. The first-order chi connectivity index (χ1) is 9.40. The number of anilines is 1. The van der Waals surface area contributed by atoms with Gasteiger partial charge in [-0.3, -0.25) is 0 Å². The topological polar surface area (TPSA) is 61.0 Å². The molecule has 0 saturated carbocycles. The molecule has 0 saturated heterocycles. The molecule has 106 valence electrons. The Bertz CT molecular complexity index is 614. The Morgan fingerprint density at radius 1 is 1.40 bits per heavy atom. The van der Waals surface area contributed by atoms with Crippen molar-refractivity contribution in [2.45, 2.75) is 32.6 Å². The zero-order valence-corrected chi connectivity index (χ0v) is 12.8. The molecule has 0 radical (unpaired) electrons. The second kappa shape index (κ2) is 5.63. The second-order valence-electron chi connectivity index (χ2n) is 5.60. The molecule has 0 unspecified atom stereocenters. The maximum Gasteiger partial charge on any atom is 0.298 e. The Morgan fingerprint density at radius 3 is 2.75 bits per heavy atom. The molecule has 2 N–H and O–H groups in total. The van der Waals surface area contributed by atoms with Crippen LogP contribution in [0.15, 0.2) is 30.9 Å². The molecule has 4 nitrogen and oxygen atoms in total. The lowest BCUT2D eigenvalue weighted by Gasteiger charge is -2.12. The second-order valence-corrected chi connectivity index (χ2v) is 6.31. The van der Waals surface area contributed by atoms with E-state index in [1.54, 1.807) is 0 Å². The molecule has 2 aromatic rings. The Hall–Kier alpha value is -1.88. The third kappa shape index (κ3) is 3.36. The van der Waals surface area contributed by atoms with Gasteiger partial charge in [0.2, 0.25) is 0 Å². The standard InChI is InChI=1S/C15H19N3OS/c1-5-6-10-9-11(16)7-8-12(10)19-14-17-13(18-20-14)15(2,3)4/h5,7-9H,1,6,16H2,2-4H3. The largest absolute Gasteiger partial charge is 0.430 e. The van der Waals surface area contributed by atoms with Crippen LogP contribution in [0.25, 0.3) is 0 Å². The number of rotatable bonds is 4. The van der Waals surface area contributed by atoms with Gasteiger partial charge in [-0.25, -0.2) is 0 Å². The maximum absolute atomic E-state index is 5.83. The van der Waals surface area contributed by atoms with Gasteiger partial charge < -0.3 is 10.5 Å². The van der Waals surface area contributed by atoms with E-state index in [1.165, 1.54) is 11.5 Å². The summed E-state index contributed by atoms with van der Waals surface area (Å²) in [6.07, 6.45) is 2.52. The Kier molecular flexibility index (Phi) is 4.09. The molecule has 0 aliphatic rings. The molecule has 20 heavy (non-hydrogen) atoms. The summed E-state index contributed by atoms with van der Waals surface area (Å²) in [5.41, 5.74) is 7.42. The Labute approximate surface area is 123 Å². The molecule has 0 atom stereocenters. The number of nitrogen functional groups attached to an aromatic ring is 1. The zero-order valence-electron chi connectivity index (χ0n) is 12.0. The van der Waals surface area contributed by atoms with Crippen LogP contribution in [-0.4, -0.2) is 9.36 Å². The number of nitrogens with zero attached hydrogens (tertiary/aromatic N) is 2. The highest BCUT2D eigenvalue weighted by molar-refractivity contribution is 7.07.